The number of hydrogen-bond donors (Lipinski definition) is 2. The Morgan fingerprint density at radius 2 is 2.10 bits per heavy atom. The highest BCUT2D eigenvalue weighted by molar-refractivity contribution is 5.82. The molecule has 0 aliphatic rings. The molecule has 6 heteroatoms. The molecule has 1 rings (SSSR count). The number of nitro groups is 1. The van der Waals surface area contributed by atoms with E-state index in [-0.39, 0.29) is 23.6 Å². The van der Waals surface area contributed by atoms with Crippen LogP contribution in [0, 0.1) is 16.0 Å². The second kappa shape index (κ2) is 7.00. The highest BCUT2D eigenvalue weighted by Gasteiger charge is 2.21. The average molecular weight is 279 g/mol. The number of benzene rings is 1. The molecular weight excluding hydrogens is 258 g/mol. The molecule has 0 heterocycles. The first kappa shape index (κ1) is 16.1. The molecular formula is C14H21N3O3. The predicted molar refractivity (Wildman–Crippen MR) is 77.1 cm³/mol. The minimum Gasteiger partial charge on any atom is -0.348 e. The third-order valence-electron chi connectivity index (χ3n) is 3.50. The van der Waals surface area contributed by atoms with Gasteiger partial charge in [-0.1, -0.05) is 32.4 Å². The van der Waals surface area contributed by atoms with Gasteiger partial charge in [0, 0.05) is 12.1 Å². The molecule has 3 atom stereocenters. The van der Waals surface area contributed by atoms with E-state index in [4.69, 9.17) is 5.73 Å². The zero-order chi connectivity index (χ0) is 15.3. The van der Waals surface area contributed by atoms with Crippen molar-refractivity contribution in [1.82, 2.24) is 5.32 Å². The van der Waals surface area contributed by atoms with Crippen molar-refractivity contribution in [3.05, 3.63) is 39.9 Å². The summed E-state index contributed by atoms with van der Waals surface area (Å²) in [6.45, 7) is 5.67. The molecule has 0 fully saturated rings. The van der Waals surface area contributed by atoms with E-state index in [1.165, 1.54) is 12.1 Å². The summed E-state index contributed by atoms with van der Waals surface area (Å²) in [5.41, 5.74) is 6.55. The largest absolute Gasteiger partial charge is 0.348 e. The van der Waals surface area contributed by atoms with Gasteiger partial charge >= 0.3 is 0 Å². The molecule has 0 radical (unpaired) electrons. The number of nitrogens with two attached hydrogens (primary N) is 1. The molecule has 1 aromatic carbocycles. The molecule has 1 amide bonds. The number of rotatable bonds is 6. The summed E-state index contributed by atoms with van der Waals surface area (Å²) in [7, 11) is 0. The zero-order valence-corrected chi connectivity index (χ0v) is 12.0. The van der Waals surface area contributed by atoms with Gasteiger partial charge in [0.05, 0.1) is 17.0 Å². The average Bonchev–Trinajstić information content (AvgIpc) is 2.45. The minimum atomic E-state index is -0.568. The Hall–Kier alpha value is -1.95. The van der Waals surface area contributed by atoms with Crippen molar-refractivity contribution >= 4 is 11.6 Å². The van der Waals surface area contributed by atoms with Crippen molar-refractivity contribution in [1.29, 1.82) is 0 Å². The highest BCUT2D eigenvalue weighted by Crippen LogP contribution is 2.19. The van der Waals surface area contributed by atoms with E-state index < -0.39 is 11.0 Å². The maximum Gasteiger partial charge on any atom is 0.269 e. The SMILES string of the molecule is CC[C@H](C)[C@H](N)C(=O)NC(C)c1cccc([N+](=O)[O-])c1. The van der Waals surface area contributed by atoms with Crippen LogP contribution < -0.4 is 11.1 Å². The number of nitro benzene ring substituents is 1. The number of non-ortho nitro benzene ring substituents is 1. The molecule has 110 valence electrons. The molecule has 6 nitrogen and oxygen atoms in total. The van der Waals surface area contributed by atoms with Crippen LogP contribution in [0.5, 0.6) is 0 Å². The van der Waals surface area contributed by atoms with Gasteiger partial charge in [-0.2, -0.15) is 0 Å². The van der Waals surface area contributed by atoms with Crippen LogP contribution in [0.3, 0.4) is 0 Å². The van der Waals surface area contributed by atoms with Crippen LogP contribution >= 0.6 is 0 Å². The Balaban J connectivity index is 2.76. The molecule has 3 N–H and O–H groups in total. The summed E-state index contributed by atoms with van der Waals surface area (Å²) in [5, 5.41) is 13.5. The summed E-state index contributed by atoms with van der Waals surface area (Å²) in [5.74, 6) is -0.148. The van der Waals surface area contributed by atoms with Crippen LogP contribution in [0.15, 0.2) is 24.3 Å². The topological polar surface area (TPSA) is 98.3 Å². The Labute approximate surface area is 118 Å². The third-order valence-corrected chi connectivity index (χ3v) is 3.50. The highest BCUT2D eigenvalue weighted by atomic mass is 16.6. The van der Waals surface area contributed by atoms with Crippen LogP contribution in [0.25, 0.3) is 0 Å². The Morgan fingerprint density at radius 3 is 2.65 bits per heavy atom. The lowest BCUT2D eigenvalue weighted by molar-refractivity contribution is -0.384. The Morgan fingerprint density at radius 1 is 1.45 bits per heavy atom. The number of nitrogens with zero attached hydrogens (tertiary/aromatic N) is 1. The second-order valence-electron chi connectivity index (χ2n) is 4.99. The Kier molecular flexibility index (Phi) is 5.64. The monoisotopic (exact) mass is 279 g/mol. The number of amides is 1. The van der Waals surface area contributed by atoms with Gasteiger partial charge in [0.1, 0.15) is 0 Å². The molecule has 1 aromatic rings. The molecule has 20 heavy (non-hydrogen) atoms. The summed E-state index contributed by atoms with van der Waals surface area (Å²) in [6, 6.07) is 5.33. The molecule has 0 bridgehead atoms. The maximum absolute atomic E-state index is 12.0. The first-order chi connectivity index (χ1) is 9.36. The van der Waals surface area contributed by atoms with Crippen LogP contribution in [-0.2, 0) is 4.79 Å². The predicted octanol–water partition coefficient (Wildman–Crippen LogP) is 2.15. The summed E-state index contributed by atoms with van der Waals surface area (Å²) in [4.78, 5) is 22.3. The van der Waals surface area contributed by atoms with Crippen molar-refractivity contribution in [3.63, 3.8) is 0 Å². The summed E-state index contributed by atoms with van der Waals surface area (Å²) >= 11 is 0. The van der Waals surface area contributed by atoms with Gasteiger partial charge in [0.2, 0.25) is 5.91 Å². The van der Waals surface area contributed by atoms with Crippen LogP contribution in [-0.4, -0.2) is 16.9 Å². The molecule has 0 saturated carbocycles. The molecule has 0 spiro atoms. The van der Waals surface area contributed by atoms with Gasteiger partial charge < -0.3 is 11.1 Å². The standard InChI is InChI=1S/C14H21N3O3/c1-4-9(2)13(15)14(18)16-10(3)11-6-5-7-12(8-11)17(19)20/h5-10,13H,4,15H2,1-3H3,(H,16,18)/t9-,10?,13-/m0/s1. The van der Waals surface area contributed by atoms with E-state index in [0.29, 0.717) is 5.56 Å². The lowest BCUT2D eigenvalue weighted by atomic mass is 9.98. The lowest BCUT2D eigenvalue weighted by Gasteiger charge is -2.21. The fourth-order valence-corrected chi connectivity index (χ4v) is 1.81. The van der Waals surface area contributed by atoms with E-state index >= 15 is 0 Å². The third kappa shape index (κ3) is 4.03. The van der Waals surface area contributed by atoms with Crippen molar-refractivity contribution in [2.75, 3.05) is 0 Å². The van der Waals surface area contributed by atoms with Gasteiger partial charge in [-0.05, 0) is 18.4 Å². The van der Waals surface area contributed by atoms with Gasteiger partial charge in [-0.15, -0.1) is 0 Å². The number of hydrogen-bond acceptors (Lipinski definition) is 4. The first-order valence-electron chi connectivity index (χ1n) is 6.67. The van der Waals surface area contributed by atoms with E-state index in [2.05, 4.69) is 5.32 Å². The van der Waals surface area contributed by atoms with Crippen molar-refractivity contribution in [2.24, 2.45) is 11.7 Å². The smallest absolute Gasteiger partial charge is 0.269 e. The lowest BCUT2D eigenvalue weighted by Crippen LogP contribution is -2.45. The molecule has 0 aliphatic heterocycles. The molecule has 1 unspecified atom stereocenters. The van der Waals surface area contributed by atoms with Gasteiger partial charge in [0.15, 0.2) is 0 Å². The zero-order valence-electron chi connectivity index (χ0n) is 12.0. The minimum absolute atomic E-state index is 0.00910. The van der Waals surface area contributed by atoms with Gasteiger partial charge in [-0.25, -0.2) is 0 Å². The van der Waals surface area contributed by atoms with E-state index in [9.17, 15) is 14.9 Å². The first-order valence-corrected chi connectivity index (χ1v) is 6.67. The molecule has 0 saturated heterocycles. The van der Waals surface area contributed by atoms with Gasteiger partial charge in [-0.3, -0.25) is 14.9 Å². The molecule has 0 aliphatic carbocycles. The van der Waals surface area contributed by atoms with Crippen LogP contribution in [0.4, 0.5) is 5.69 Å². The van der Waals surface area contributed by atoms with E-state index in [0.717, 1.165) is 6.42 Å². The quantitative estimate of drug-likeness (QED) is 0.615. The van der Waals surface area contributed by atoms with E-state index in [1.807, 2.05) is 13.8 Å². The maximum atomic E-state index is 12.0. The molecule has 0 aromatic heterocycles. The Bertz CT molecular complexity index is 490. The summed E-state index contributed by atoms with van der Waals surface area (Å²) in [6.07, 6.45) is 0.819. The van der Waals surface area contributed by atoms with Crippen molar-refractivity contribution < 1.29 is 9.72 Å². The fourth-order valence-electron chi connectivity index (χ4n) is 1.81. The van der Waals surface area contributed by atoms with Gasteiger partial charge in [0.25, 0.3) is 5.69 Å². The number of nitrogens with one attached hydrogen (secondary N) is 1. The van der Waals surface area contributed by atoms with Crippen molar-refractivity contribution in [2.45, 2.75) is 39.3 Å². The number of carbonyl (C=O) groups is 1. The number of carbonyl (C=O) groups excluding carboxylic acids is 1. The van der Waals surface area contributed by atoms with Crippen LogP contribution in [0.1, 0.15) is 38.8 Å². The fraction of sp³-hybridized carbons (Fsp3) is 0.500. The normalized spacial score (nSPS) is 15.2. The summed E-state index contributed by atoms with van der Waals surface area (Å²) < 4.78 is 0. The second-order valence-corrected chi connectivity index (χ2v) is 4.99. The van der Waals surface area contributed by atoms with Crippen LogP contribution in [0.2, 0.25) is 0 Å². The van der Waals surface area contributed by atoms with E-state index in [1.54, 1.807) is 19.1 Å². The van der Waals surface area contributed by atoms with Crippen molar-refractivity contribution in [3.8, 4) is 0 Å².